The van der Waals surface area contributed by atoms with Crippen molar-refractivity contribution in [2.24, 2.45) is 7.05 Å². The van der Waals surface area contributed by atoms with Crippen molar-refractivity contribution in [3.05, 3.63) is 138 Å². The van der Waals surface area contributed by atoms with E-state index in [1.54, 1.807) is 0 Å². The van der Waals surface area contributed by atoms with Gasteiger partial charge in [0.2, 0.25) is 0 Å². The van der Waals surface area contributed by atoms with Crippen LogP contribution in [0.2, 0.25) is 0 Å². The standard InChI is InChI=1S/C37H39N4S2/c1-5-30(14-16-32-28(2)39-36-12-8-6-10-34(32)36)18-21-38-22-26-42-43-27-25-41-23-19-31(20-24-41)15-17-33-29(3)40(4)37-13-9-7-11-35(33)37/h5-21,23-24,39H,1,22,25-27H2,2-4H3/q+1/p+2/b16-14+,30-18+,38-21?. The molecule has 4 nitrogen and oxygen atoms in total. The molecule has 0 saturated carbocycles. The van der Waals surface area contributed by atoms with Gasteiger partial charge in [-0.25, -0.2) is 9.56 Å². The summed E-state index contributed by atoms with van der Waals surface area (Å²) in [6.07, 6.45) is 19.1. The Morgan fingerprint density at radius 3 is 2.56 bits per heavy atom. The van der Waals surface area contributed by atoms with Crippen LogP contribution in [0.15, 0.2) is 115 Å². The topological polar surface area (TPSA) is 39.4 Å². The maximum absolute atomic E-state index is 3.98. The number of nitrogens with one attached hydrogen (secondary N) is 1. The first-order chi connectivity index (χ1) is 21.0. The molecule has 0 unspecified atom stereocenters. The van der Waals surface area contributed by atoms with E-state index in [4.69, 9.17) is 0 Å². The van der Waals surface area contributed by atoms with Gasteiger partial charge in [-0.2, -0.15) is 0 Å². The molecule has 5 rings (SSSR count). The summed E-state index contributed by atoms with van der Waals surface area (Å²) in [6.45, 7) is 10.3. The number of allylic oxidation sites excluding steroid dienone is 7. The highest BCUT2D eigenvalue weighted by Gasteiger charge is 2.20. The van der Waals surface area contributed by atoms with E-state index < -0.39 is 0 Å². The fraction of sp³-hybridized carbons (Fsp3) is 0.189. The quantitative estimate of drug-likeness (QED) is 0.0506. The van der Waals surface area contributed by atoms with Gasteiger partial charge in [-0.1, -0.05) is 82.8 Å². The number of hydrogen-bond acceptors (Lipinski definition) is 2. The van der Waals surface area contributed by atoms with Crippen LogP contribution in [0.5, 0.6) is 0 Å². The molecule has 0 radical (unpaired) electrons. The molecule has 0 bridgehead atoms. The Hall–Kier alpha value is -3.84. The van der Waals surface area contributed by atoms with Gasteiger partial charge in [0.1, 0.15) is 11.4 Å². The number of nitrogens with zero attached hydrogens (tertiary/aromatic N) is 2. The van der Waals surface area contributed by atoms with Gasteiger partial charge in [-0.3, -0.25) is 5.32 Å². The molecule has 3 N–H and O–H groups in total. The van der Waals surface area contributed by atoms with Crippen LogP contribution in [-0.4, -0.2) is 28.8 Å². The normalized spacial score (nSPS) is 13.8. The molecule has 2 aromatic heterocycles. The predicted molar refractivity (Wildman–Crippen MR) is 188 cm³/mol. The number of para-hydroxylation sites is 2. The van der Waals surface area contributed by atoms with Crippen molar-refractivity contribution in [2.75, 3.05) is 18.1 Å². The molecule has 3 heterocycles. The second kappa shape index (κ2) is 15.1. The smallest absolute Gasteiger partial charge is 0.169 e. The Kier molecular flexibility index (Phi) is 10.7. The number of quaternary nitrogens is 1. The zero-order valence-electron chi connectivity index (χ0n) is 25.3. The molecule has 6 heteroatoms. The minimum atomic E-state index is 0.930. The van der Waals surface area contributed by atoms with E-state index in [0.717, 1.165) is 30.2 Å². The minimum absolute atomic E-state index is 0.930. The van der Waals surface area contributed by atoms with E-state index in [1.807, 2.05) is 33.9 Å². The lowest BCUT2D eigenvalue weighted by molar-refractivity contribution is -0.692. The molecule has 2 aromatic carbocycles. The van der Waals surface area contributed by atoms with Crippen molar-refractivity contribution in [2.45, 2.75) is 20.4 Å². The van der Waals surface area contributed by atoms with Gasteiger partial charge in [0.25, 0.3) is 0 Å². The Morgan fingerprint density at radius 1 is 0.953 bits per heavy atom. The molecule has 0 spiro atoms. The maximum Gasteiger partial charge on any atom is 0.169 e. The van der Waals surface area contributed by atoms with E-state index in [2.05, 4.69) is 150 Å². The number of benzene rings is 2. The highest BCUT2D eigenvalue weighted by molar-refractivity contribution is 8.76. The highest BCUT2D eigenvalue weighted by Crippen LogP contribution is 2.28. The van der Waals surface area contributed by atoms with E-state index in [-0.39, 0.29) is 0 Å². The molecule has 43 heavy (non-hydrogen) atoms. The zero-order valence-corrected chi connectivity index (χ0v) is 26.9. The maximum atomic E-state index is 3.98. The lowest BCUT2D eigenvalue weighted by Gasteiger charge is -1.99. The molecule has 4 aromatic rings. The summed E-state index contributed by atoms with van der Waals surface area (Å²) in [6, 6.07) is 21.5. The first-order valence-electron chi connectivity index (χ1n) is 14.7. The van der Waals surface area contributed by atoms with Crippen molar-refractivity contribution in [1.82, 2.24) is 4.57 Å². The van der Waals surface area contributed by atoms with Crippen molar-refractivity contribution < 1.29 is 14.9 Å². The number of nitrogens with two attached hydrogens (primary N) is 1. The number of aryl methyl sites for hydroxylation is 2. The van der Waals surface area contributed by atoms with Crippen LogP contribution >= 0.6 is 21.6 Å². The molecule has 0 atom stereocenters. The average Bonchev–Trinajstić information content (AvgIpc) is 3.48. The molecule has 0 fully saturated rings. The van der Waals surface area contributed by atoms with Crippen molar-refractivity contribution in [3.63, 3.8) is 0 Å². The second-order valence-electron chi connectivity index (χ2n) is 10.6. The molecule has 1 aliphatic rings. The summed E-state index contributed by atoms with van der Waals surface area (Å²) in [5.74, 6) is 2.12. The highest BCUT2D eigenvalue weighted by atomic mass is 33.1. The van der Waals surface area contributed by atoms with E-state index in [0.29, 0.717) is 0 Å². The van der Waals surface area contributed by atoms with Gasteiger partial charge >= 0.3 is 0 Å². The van der Waals surface area contributed by atoms with Gasteiger partial charge < -0.3 is 4.57 Å². The number of fused-ring (bicyclic) bond motifs is 2. The molecular weight excluding hydrogens is 565 g/mol. The van der Waals surface area contributed by atoms with Gasteiger partial charge in [0.15, 0.2) is 31.7 Å². The van der Waals surface area contributed by atoms with Gasteiger partial charge in [0.05, 0.1) is 11.5 Å². The summed E-state index contributed by atoms with van der Waals surface area (Å²) in [7, 11) is 5.98. The second-order valence-corrected chi connectivity index (χ2v) is 13.3. The Bertz CT molecular complexity index is 1740. The zero-order chi connectivity index (χ0) is 30.0. The number of rotatable bonds is 13. The van der Waals surface area contributed by atoms with Crippen molar-refractivity contribution in [1.29, 1.82) is 0 Å². The van der Waals surface area contributed by atoms with E-state index >= 15 is 0 Å². The van der Waals surface area contributed by atoms with Gasteiger partial charge in [0, 0.05) is 71.5 Å². The summed E-state index contributed by atoms with van der Waals surface area (Å²) in [5.41, 5.74) is 11.3. The van der Waals surface area contributed by atoms with Crippen molar-refractivity contribution >= 4 is 62.1 Å². The summed E-state index contributed by atoms with van der Waals surface area (Å²) in [4.78, 5) is 3.41. The first kappa shape index (κ1) is 30.6. The summed E-state index contributed by atoms with van der Waals surface area (Å²) in [5, 5.41) is 3.55. The van der Waals surface area contributed by atoms with Crippen LogP contribution in [0.4, 0.5) is 5.69 Å². The van der Waals surface area contributed by atoms with Gasteiger partial charge in [-0.05, 0) is 36.3 Å². The molecule has 0 saturated heterocycles. The van der Waals surface area contributed by atoms with Crippen LogP contribution < -0.4 is 14.9 Å². The van der Waals surface area contributed by atoms with Crippen LogP contribution in [0.3, 0.4) is 0 Å². The van der Waals surface area contributed by atoms with Crippen LogP contribution in [-0.2, 0) is 13.6 Å². The van der Waals surface area contributed by atoms with Crippen LogP contribution in [0, 0.1) is 6.92 Å². The third-order valence-corrected chi connectivity index (χ3v) is 10.2. The average molecular weight is 606 g/mol. The largest absolute Gasteiger partial charge is 0.347 e. The molecule has 1 aliphatic heterocycles. The van der Waals surface area contributed by atoms with Crippen molar-refractivity contribution in [3.8, 4) is 0 Å². The Morgan fingerprint density at radius 2 is 1.72 bits per heavy atom. The number of aromatic nitrogens is 2. The number of pyridine rings is 1. The molecule has 0 aliphatic carbocycles. The summed E-state index contributed by atoms with van der Waals surface area (Å²) < 4.78 is 4.52. The van der Waals surface area contributed by atoms with Crippen LogP contribution in [0.25, 0.3) is 28.6 Å². The molecule has 218 valence electrons. The lowest BCUT2D eigenvalue weighted by Crippen LogP contribution is -2.73. The fourth-order valence-corrected chi connectivity index (χ4v) is 7.16. The lowest BCUT2D eigenvalue weighted by atomic mass is 10.0. The van der Waals surface area contributed by atoms with E-state index in [9.17, 15) is 0 Å². The minimum Gasteiger partial charge on any atom is -0.347 e. The predicted octanol–water partition coefficient (Wildman–Crippen LogP) is 5.79. The Labute approximate surface area is 263 Å². The van der Waals surface area contributed by atoms with Crippen LogP contribution in [0.1, 0.15) is 29.3 Å². The first-order valence-corrected chi connectivity index (χ1v) is 17.2. The summed E-state index contributed by atoms with van der Waals surface area (Å²) >= 11 is 0. The van der Waals surface area contributed by atoms with E-state index in [1.165, 1.54) is 50.2 Å². The third-order valence-electron chi connectivity index (χ3n) is 7.77. The molecular formula is C37H41N4S2+3. The monoisotopic (exact) mass is 605 g/mol. The molecule has 0 amide bonds. The van der Waals surface area contributed by atoms with Gasteiger partial charge in [-0.15, -0.1) is 0 Å². The third kappa shape index (κ3) is 7.77. The SMILES string of the molecule is C=CC(/C=C/C1=C(C)[NH2+]c2ccccc21)=C\C=[NH+]CCSSCC[n+]1ccc(/C=C/c2c(C)n(C)c3ccccc23)cc1. The fourth-order valence-electron chi connectivity index (χ4n) is 5.25. The number of hydrogen-bond donors (Lipinski definition) is 2. The Balaban J connectivity index is 1.01.